The fraction of sp³-hybridized carbons (Fsp3) is 0.682. The lowest BCUT2D eigenvalue weighted by molar-refractivity contribution is -0.147. The van der Waals surface area contributed by atoms with Crippen LogP contribution < -0.4 is 5.32 Å². The Morgan fingerprint density at radius 1 is 1.11 bits per heavy atom. The van der Waals surface area contributed by atoms with E-state index < -0.39 is 0 Å². The highest BCUT2D eigenvalue weighted by atomic mass is 79.9. The van der Waals surface area contributed by atoms with Gasteiger partial charge in [-0.2, -0.15) is 0 Å². The van der Waals surface area contributed by atoms with E-state index >= 15 is 0 Å². The summed E-state index contributed by atoms with van der Waals surface area (Å²) in [6.07, 6.45) is 8.68. The molecule has 4 saturated carbocycles. The number of amides is 1. The van der Waals surface area contributed by atoms with Crippen LogP contribution in [0.4, 0.5) is 0 Å². The van der Waals surface area contributed by atoms with Crippen LogP contribution in [0.25, 0.3) is 0 Å². The molecule has 6 rings (SSSR count). The molecule has 1 aliphatic heterocycles. The number of halogens is 2. The van der Waals surface area contributed by atoms with Crippen LogP contribution in [-0.2, 0) is 15.1 Å². The summed E-state index contributed by atoms with van der Waals surface area (Å²) in [4.78, 5) is 13.8. The van der Waals surface area contributed by atoms with E-state index in [1.807, 2.05) is 6.07 Å². The molecule has 1 heterocycles. The van der Waals surface area contributed by atoms with Crippen molar-refractivity contribution in [2.45, 2.75) is 61.2 Å². The summed E-state index contributed by atoms with van der Waals surface area (Å²) >= 11 is 7.66. The highest BCUT2D eigenvalue weighted by Gasteiger charge is 2.60. The van der Waals surface area contributed by atoms with Gasteiger partial charge >= 0.3 is 0 Å². The van der Waals surface area contributed by atoms with E-state index in [-0.39, 0.29) is 15.3 Å². The largest absolute Gasteiger partial charge is 0.381 e. The third-order valence-electron chi connectivity index (χ3n) is 7.55. The van der Waals surface area contributed by atoms with Gasteiger partial charge in [-0.3, -0.25) is 4.79 Å². The molecule has 1 saturated heterocycles. The predicted octanol–water partition coefficient (Wildman–Crippen LogP) is 5.30. The van der Waals surface area contributed by atoms with Crippen LogP contribution in [0.1, 0.15) is 56.9 Å². The van der Waals surface area contributed by atoms with Gasteiger partial charge in [0.2, 0.25) is 5.91 Å². The van der Waals surface area contributed by atoms with E-state index in [4.69, 9.17) is 4.74 Å². The number of ether oxygens (including phenoxy) is 1. The SMILES string of the molecule is O=C(NC1(c2cccc(Br)c2)CCOCC1)C12CC3CC(CC(Br)(C3)C1)C2. The lowest BCUT2D eigenvalue weighted by atomic mass is 9.49. The minimum Gasteiger partial charge on any atom is -0.381 e. The first-order valence-electron chi connectivity index (χ1n) is 10.3. The van der Waals surface area contributed by atoms with Crippen molar-refractivity contribution < 1.29 is 9.53 Å². The minimum atomic E-state index is -0.304. The van der Waals surface area contributed by atoms with Crippen LogP contribution in [0.3, 0.4) is 0 Å². The monoisotopic (exact) mass is 495 g/mol. The quantitative estimate of drug-likeness (QED) is 0.576. The molecule has 4 bridgehead atoms. The van der Waals surface area contributed by atoms with Gasteiger partial charge in [-0.15, -0.1) is 0 Å². The summed E-state index contributed by atoms with van der Waals surface area (Å²) < 4.78 is 6.92. The van der Waals surface area contributed by atoms with Crippen molar-refractivity contribution >= 4 is 37.8 Å². The first-order chi connectivity index (χ1) is 12.9. The maximum atomic E-state index is 13.8. The van der Waals surface area contributed by atoms with Crippen molar-refractivity contribution in [3.63, 3.8) is 0 Å². The van der Waals surface area contributed by atoms with Crippen LogP contribution in [0.2, 0.25) is 0 Å². The predicted molar refractivity (Wildman–Crippen MR) is 113 cm³/mol. The molecule has 1 amide bonds. The summed E-state index contributed by atoms with van der Waals surface area (Å²) in [6.45, 7) is 1.40. The third kappa shape index (κ3) is 3.22. The Hall–Kier alpha value is -0.390. The minimum absolute atomic E-state index is 0.176. The van der Waals surface area contributed by atoms with E-state index in [2.05, 4.69) is 55.4 Å². The van der Waals surface area contributed by atoms with E-state index in [1.165, 1.54) is 24.8 Å². The van der Waals surface area contributed by atoms with Crippen molar-refractivity contribution in [2.75, 3.05) is 13.2 Å². The summed E-state index contributed by atoms with van der Waals surface area (Å²) in [5.74, 6) is 1.73. The molecule has 4 aliphatic carbocycles. The van der Waals surface area contributed by atoms with Gasteiger partial charge in [-0.1, -0.05) is 44.0 Å². The normalized spacial score (nSPS) is 39.3. The number of carbonyl (C=O) groups is 1. The van der Waals surface area contributed by atoms with Crippen LogP contribution in [0, 0.1) is 17.3 Å². The van der Waals surface area contributed by atoms with Gasteiger partial charge in [-0.05, 0) is 80.9 Å². The smallest absolute Gasteiger partial charge is 0.226 e. The Morgan fingerprint density at radius 3 is 2.44 bits per heavy atom. The maximum Gasteiger partial charge on any atom is 0.226 e. The van der Waals surface area contributed by atoms with E-state index in [1.54, 1.807) is 0 Å². The average molecular weight is 497 g/mol. The molecule has 3 nitrogen and oxygen atoms in total. The van der Waals surface area contributed by atoms with Crippen LogP contribution in [-0.4, -0.2) is 23.4 Å². The zero-order valence-electron chi connectivity index (χ0n) is 15.6. The molecule has 2 atom stereocenters. The number of nitrogens with one attached hydrogen (secondary N) is 1. The Bertz CT molecular complexity index is 744. The van der Waals surface area contributed by atoms with E-state index in [0.717, 1.165) is 36.6 Å². The average Bonchev–Trinajstić information content (AvgIpc) is 2.60. The molecule has 1 aromatic rings. The first-order valence-corrected chi connectivity index (χ1v) is 11.8. The molecule has 0 radical (unpaired) electrons. The molecule has 0 aromatic heterocycles. The van der Waals surface area contributed by atoms with Gasteiger partial charge in [0.1, 0.15) is 0 Å². The van der Waals surface area contributed by atoms with Gasteiger partial charge < -0.3 is 10.1 Å². The second kappa shape index (κ2) is 6.56. The first kappa shape index (κ1) is 18.6. The second-order valence-corrected chi connectivity index (χ2v) is 12.1. The highest BCUT2D eigenvalue weighted by molar-refractivity contribution is 9.10. The fourth-order valence-corrected chi connectivity index (χ4v) is 8.61. The standard InChI is InChI=1S/C22H27Br2NO2/c23-18-3-1-2-17(9-18)22(4-6-27-7-5-22)25-19(26)20-10-15-8-16(11-20)13-21(24,12-15)14-20/h1-3,9,15-16H,4-8,10-14H2,(H,25,26). The zero-order valence-corrected chi connectivity index (χ0v) is 18.8. The van der Waals surface area contributed by atoms with Crippen LogP contribution >= 0.6 is 31.9 Å². The van der Waals surface area contributed by atoms with Gasteiger partial charge in [0.05, 0.1) is 11.0 Å². The number of carbonyl (C=O) groups excluding carboxylic acids is 1. The highest BCUT2D eigenvalue weighted by Crippen LogP contribution is 2.64. The van der Waals surface area contributed by atoms with Crippen molar-refractivity contribution in [3.8, 4) is 0 Å². The molecule has 1 aromatic carbocycles. The number of hydrogen-bond donors (Lipinski definition) is 1. The Morgan fingerprint density at radius 2 is 1.81 bits per heavy atom. The van der Waals surface area contributed by atoms with E-state index in [9.17, 15) is 4.79 Å². The second-order valence-electron chi connectivity index (χ2n) is 9.55. The summed E-state index contributed by atoms with van der Waals surface area (Å²) in [6, 6.07) is 8.44. The molecule has 5 heteroatoms. The van der Waals surface area contributed by atoms with Gasteiger partial charge in [0, 0.05) is 22.0 Å². The number of alkyl halides is 1. The zero-order chi connectivity index (χ0) is 18.7. The van der Waals surface area contributed by atoms with Gasteiger partial charge in [-0.25, -0.2) is 0 Å². The molecule has 146 valence electrons. The topological polar surface area (TPSA) is 38.3 Å². The summed E-state index contributed by atoms with van der Waals surface area (Å²) in [7, 11) is 0. The Labute approximate surface area is 178 Å². The van der Waals surface area contributed by atoms with Crippen molar-refractivity contribution in [2.24, 2.45) is 17.3 Å². The molecule has 0 spiro atoms. The molecule has 5 aliphatic rings. The molecular weight excluding hydrogens is 470 g/mol. The number of rotatable bonds is 3. The Kier molecular flexibility index (Phi) is 4.53. The van der Waals surface area contributed by atoms with Crippen LogP contribution in [0.15, 0.2) is 28.7 Å². The van der Waals surface area contributed by atoms with Crippen LogP contribution in [0.5, 0.6) is 0 Å². The summed E-state index contributed by atoms with van der Waals surface area (Å²) in [5.41, 5.74) is 0.721. The number of benzene rings is 1. The van der Waals surface area contributed by atoms with Gasteiger partial charge in [0.25, 0.3) is 0 Å². The van der Waals surface area contributed by atoms with Crippen molar-refractivity contribution in [1.82, 2.24) is 5.32 Å². The lowest BCUT2D eigenvalue weighted by Gasteiger charge is -2.60. The molecule has 5 fully saturated rings. The van der Waals surface area contributed by atoms with Crippen molar-refractivity contribution in [1.29, 1.82) is 0 Å². The third-order valence-corrected chi connectivity index (χ3v) is 8.97. The lowest BCUT2D eigenvalue weighted by Crippen LogP contribution is -2.61. The molecule has 27 heavy (non-hydrogen) atoms. The van der Waals surface area contributed by atoms with Crippen molar-refractivity contribution in [3.05, 3.63) is 34.3 Å². The fourth-order valence-electron chi connectivity index (χ4n) is 6.76. The number of hydrogen-bond acceptors (Lipinski definition) is 2. The Balaban J connectivity index is 1.46. The maximum absolute atomic E-state index is 13.8. The molecular formula is C22H27Br2NO2. The molecule has 1 N–H and O–H groups in total. The van der Waals surface area contributed by atoms with Gasteiger partial charge in [0.15, 0.2) is 0 Å². The molecule has 2 unspecified atom stereocenters. The van der Waals surface area contributed by atoms with E-state index in [0.29, 0.717) is 31.0 Å². The summed E-state index contributed by atoms with van der Waals surface area (Å²) in [5, 5.41) is 3.59.